The normalized spacial score (nSPS) is 12.8. The highest BCUT2D eigenvalue weighted by molar-refractivity contribution is 9.10. The molecule has 0 aliphatic rings. The molecule has 25 heavy (non-hydrogen) atoms. The van der Waals surface area contributed by atoms with Crippen LogP contribution in [0.4, 0.5) is 4.39 Å². The second kappa shape index (κ2) is 8.19. The number of hydrogen-bond donors (Lipinski definition) is 1. The molecule has 1 N–H and O–H groups in total. The number of hydrogen-bond acceptors (Lipinski definition) is 3. The summed E-state index contributed by atoms with van der Waals surface area (Å²) in [6.45, 7) is 7.13. The van der Waals surface area contributed by atoms with Gasteiger partial charge in [-0.2, -0.15) is 0 Å². The van der Waals surface area contributed by atoms with Gasteiger partial charge in [0.25, 0.3) is 0 Å². The minimum Gasteiger partial charge on any atom is -0.493 e. The van der Waals surface area contributed by atoms with Gasteiger partial charge in [0.05, 0.1) is 18.7 Å². The fraction of sp³-hybridized carbons (Fsp3) is 0.400. The lowest BCUT2D eigenvalue weighted by Gasteiger charge is -2.32. The predicted molar refractivity (Wildman–Crippen MR) is 103 cm³/mol. The Bertz CT molecular complexity index is 711. The van der Waals surface area contributed by atoms with Crippen molar-refractivity contribution in [2.24, 2.45) is 5.41 Å². The number of nitrogens with one attached hydrogen (secondary N) is 1. The SMILES string of the molecule is COc1ccc(CNC(c2ccc(F)cc2)C(C)(C)C)c(Br)c1OC. The largest absolute Gasteiger partial charge is 0.493 e. The third-order valence-electron chi connectivity index (χ3n) is 4.13. The third kappa shape index (κ3) is 4.73. The van der Waals surface area contributed by atoms with Gasteiger partial charge in [0.1, 0.15) is 5.82 Å². The summed E-state index contributed by atoms with van der Waals surface area (Å²) in [6.07, 6.45) is 0. The average Bonchev–Trinajstić information content (AvgIpc) is 2.56. The maximum absolute atomic E-state index is 13.3. The molecule has 2 aromatic carbocycles. The fourth-order valence-electron chi connectivity index (χ4n) is 2.86. The van der Waals surface area contributed by atoms with E-state index in [4.69, 9.17) is 9.47 Å². The van der Waals surface area contributed by atoms with Crippen LogP contribution >= 0.6 is 15.9 Å². The van der Waals surface area contributed by atoms with Gasteiger partial charge in [0, 0.05) is 12.6 Å². The Labute approximate surface area is 157 Å². The van der Waals surface area contributed by atoms with Crippen molar-refractivity contribution in [1.29, 1.82) is 0 Å². The molecule has 0 aliphatic heterocycles. The average molecular weight is 410 g/mol. The van der Waals surface area contributed by atoms with E-state index in [-0.39, 0.29) is 17.3 Å². The highest BCUT2D eigenvalue weighted by Gasteiger charge is 2.26. The van der Waals surface area contributed by atoms with Crippen LogP contribution in [0.1, 0.15) is 37.9 Å². The Morgan fingerprint density at radius 3 is 2.20 bits per heavy atom. The number of halogens is 2. The molecule has 0 saturated carbocycles. The van der Waals surface area contributed by atoms with E-state index in [1.807, 2.05) is 24.3 Å². The molecule has 0 spiro atoms. The minimum absolute atomic E-state index is 0.0269. The maximum Gasteiger partial charge on any atom is 0.175 e. The van der Waals surface area contributed by atoms with Crippen LogP contribution in [0.25, 0.3) is 0 Å². The number of benzene rings is 2. The summed E-state index contributed by atoms with van der Waals surface area (Å²) >= 11 is 3.60. The van der Waals surface area contributed by atoms with E-state index >= 15 is 0 Å². The predicted octanol–water partition coefficient (Wildman–Crippen LogP) is 5.48. The summed E-state index contributed by atoms with van der Waals surface area (Å²) in [5, 5.41) is 3.59. The summed E-state index contributed by atoms with van der Waals surface area (Å²) in [6, 6.07) is 10.6. The van der Waals surface area contributed by atoms with Crippen molar-refractivity contribution < 1.29 is 13.9 Å². The van der Waals surface area contributed by atoms with Crippen LogP contribution in [-0.4, -0.2) is 14.2 Å². The van der Waals surface area contributed by atoms with Gasteiger partial charge >= 0.3 is 0 Å². The quantitative estimate of drug-likeness (QED) is 0.684. The Hall–Kier alpha value is -1.59. The molecular formula is C20H25BrFNO2. The molecule has 0 aromatic heterocycles. The smallest absolute Gasteiger partial charge is 0.175 e. The second-order valence-electron chi connectivity index (χ2n) is 7.01. The van der Waals surface area contributed by atoms with E-state index in [1.165, 1.54) is 12.1 Å². The van der Waals surface area contributed by atoms with Crippen LogP contribution in [0.15, 0.2) is 40.9 Å². The van der Waals surface area contributed by atoms with E-state index in [9.17, 15) is 4.39 Å². The van der Waals surface area contributed by atoms with Crippen LogP contribution < -0.4 is 14.8 Å². The summed E-state index contributed by atoms with van der Waals surface area (Å²) in [5.41, 5.74) is 2.10. The Morgan fingerprint density at radius 1 is 1.04 bits per heavy atom. The first-order chi connectivity index (χ1) is 11.8. The summed E-state index contributed by atoms with van der Waals surface area (Å²) in [7, 11) is 3.24. The van der Waals surface area contributed by atoms with Crippen LogP contribution in [0, 0.1) is 11.2 Å². The lowest BCUT2D eigenvalue weighted by atomic mass is 9.82. The third-order valence-corrected chi connectivity index (χ3v) is 5.00. The topological polar surface area (TPSA) is 30.5 Å². The summed E-state index contributed by atoms with van der Waals surface area (Å²) in [4.78, 5) is 0. The first kappa shape index (κ1) is 19.7. The van der Waals surface area contributed by atoms with E-state index in [2.05, 4.69) is 42.0 Å². The van der Waals surface area contributed by atoms with Crippen molar-refractivity contribution in [3.05, 3.63) is 57.8 Å². The molecule has 0 saturated heterocycles. The van der Waals surface area contributed by atoms with Gasteiger partial charge in [0.15, 0.2) is 11.5 Å². The van der Waals surface area contributed by atoms with Gasteiger partial charge < -0.3 is 14.8 Å². The molecule has 2 rings (SSSR count). The molecular weight excluding hydrogens is 385 g/mol. The van der Waals surface area contributed by atoms with Gasteiger partial charge in [0.2, 0.25) is 0 Å². The van der Waals surface area contributed by atoms with Crippen molar-refractivity contribution in [1.82, 2.24) is 5.32 Å². The molecule has 0 amide bonds. The van der Waals surface area contributed by atoms with Gasteiger partial charge in [-0.3, -0.25) is 0 Å². The van der Waals surface area contributed by atoms with Crippen molar-refractivity contribution in [3.63, 3.8) is 0 Å². The van der Waals surface area contributed by atoms with E-state index < -0.39 is 0 Å². The molecule has 0 heterocycles. The van der Waals surface area contributed by atoms with Crippen molar-refractivity contribution >= 4 is 15.9 Å². The zero-order valence-corrected chi connectivity index (χ0v) is 16.9. The number of rotatable bonds is 6. The summed E-state index contributed by atoms with van der Waals surface area (Å²) < 4.78 is 24.9. The molecule has 0 bridgehead atoms. The Morgan fingerprint density at radius 2 is 1.68 bits per heavy atom. The Kier molecular flexibility index (Phi) is 6.47. The van der Waals surface area contributed by atoms with E-state index in [0.717, 1.165) is 15.6 Å². The number of methoxy groups -OCH3 is 2. The molecule has 1 unspecified atom stereocenters. The zero-order valence-electron chi connectivity index (χ0n) is 15.3. The first-order valence-corrected chi connectivity index (χ1v) is 8.95. The van der Waals surface area contributed by atoms with Crippen LogP contribution in [0.3, 0.4) is 0 Å². The molecule has 1 atom stereocenters. The van der Waals surface area contributed by atoms with Crippen molar-refractivity contribution in [3.8, 4) is 11.5 Å². The molecule has 0 fully saturated rings. The number of ether oxygens (including phenoxy) is 2. The van der Waals surface area contributed by atoms with Crippen molar-refractivity contribution in [2.75, 3.05) is 14.2 Å². The first-order valence-electron chi connectivity index (χ1n) is 8.16. The molecule has 3 nitrogen and oxygen atoms in total. The standard InChI is InChI=1S/C20H25BrFNO2/c1-20(2,3)19(13-6-9-15(22)10-7-13)23-12-14-8-11-16(24-4)18(25-5)17(14)21/h6-11,19,23H,12H2,1-5H3. The van der Waals surface area contributed by atoms with Gasteiger partial charge in [-0.05, 0) is 50.7 Å². The van der Waals surface area contributed by atoms with Gasteiger partial charge in [-0.1, -0.05) is 39.0 Å². The summed E-state index contributed by atoms with van der Waals surface area (Å²) in [5.74, 6) is 1.14. The zero-order chi connectivity index (χ0) is 18.6. The Balaban J connectivity index is 2.26. The fourth-order valence-corrected chi connectivity index (χ4v) is 3.49. The molecule has 136 valence electrons. The lowest BCUT2D eigenvalue weighted by Crippen LogP contribution is -2.32. The maximum atomic E-state index is 13.3. The minimum atomic E-state index is -0.223. The molecule has 0 radical (unpaired) electrons. The monoisotopic (exact) mass is 409 g/mol. The highest BCUT2D eigenvalue weighted by atomic mass is 79.9. The van der Waals surface area contributed by atoms with E-state index in [1.54, 1.807) is 14.2 Å². The second-order valence-corrected chi connectivity index (χ2v) is 7.80. The van der Waals surface area contributed by atoms with Gasteiger partial charge in [-0.25, -0.2) is 4.39 Å². The van der Waals surface area contributed by atoms with E-state index in [0.29, 0.717) is 18.0 Å². The highest BCUT2D eigenvalue weighted by Crippen LogP contribution is 2.38. The van der Waals surface area contributed by atoms with Crippen LogP contribution in [-0.2, 0) is 6.54 Å². The molecule has 2 aromatic rings. The lowest BCUT2D eigenvalue weighted by molar-refractivity contribution is 0.270. The van der Waals surface area contributed by atoms with Crippen molar-refractivity contribution in [2.45, 2.75) is 33.4 Å². The van der Waals surface area contributed by atoms with Crippen LogP contribution in [0.5, 0.6) is 11.5 Å². The molecule has 5 heteroatoms. The van der Waals surface area contributed by atoms with Crippen LogP contribution in [0.2, 0.25) is 0 Å². The molecule has 0 aliphatic carbocycles. The van der Waals surface area contributed by atoms with Gasteiger partial charge in [-0.15, -0.1) is 0 Å².